The van der Waals surface area contributed by atoms with Crippen LogP contribution in [0, 0.1) is 12.8 Å². The molecular weight excluding hydrogens is 272 g/mol. The third-order valence-electron chi connectivity index (χ3n) is 3.84. The Labute approximate surface area is 122 Å². The lowest BCUT2D eigenvalue weighted by Gasteiger charge is -2.14. The molecule has 1 fully saturated rings. The van der Waals surface area contributed by atoms with Crippen LogP contribution in [-0.2, 0) is 6.54 Å². The van der Waals surface area contributed by atoms with Gasteiger partial charge in [-0.05, 0) is 31.4 Å². The number of nitrogens with zero attached hydrogens (tertiary/aromatic N) is 2. The highest BCUT2D eigenvalue weighted by molar-refractivity contribution is 7.11. The molecule has 1 aliphatic carbocycles. The van der Waals surface area contributed by atoms with Crippen LogP contribution in [0.15, 0.2) is 22.1 Å². The van der Waals surface area contributed by atoms with Crippen LogP contribution in [0.5, 0.6) is 0 Å². The van der Waals surface area contributed by atoms with Gasteiger partial charge in [0, 0.05) is 13.0 Å². The second-order valence-electron chi connectivity index (χ2n) is 5.55. The molecule has 2 atom stereocenters. The second-order valence-corrected chi connectivity index (χ2v) is 6.41. The fourth-order valence-corrected chi connectivity index (χ4v) is 3.18. The molecule has 0 unspecified atom stereocenters. The highest BCUT2D eigenvalue weighted by Crippen LogP contribution is 2.47. The van der Waals surface area contributed by atoms with Crippen LogP contribution in [0.2, 0.25) is 0 Å². The summed E-state index contributed by atoms with van der Waals surface area (Å²) in [5.74, 6) is 3.21. The van der Waals surface area contributed by atoms with Crippen LogP contribution in [0.3, 0.4) is 0 Å². The van der Waals surface area contributed by atoms with E-state index in [-0.39, 0.29) is 5.91 Å². The lowest BCUT2D eigenvalue weighted by molar-refractivity contribution is 0.0778. The molecule has 0 spiro atoms. The zero-order valence-electron chi connectivity index (χ0n) is 11.9. The first kappa shape index (κ1) is 13.4. The minimum atomic E-state index is 0.00254. The number of carbonyl (C=O) groups excluding carboxylic acids is 1. The maximum atomic E-state index is 12.3. The predicted molar refractivity (Wildman–Crippen MR) is 77.9 cm³/mol. The number of hydrogen-bond donors (Lipinski definition) is 0. The average Bonchev–Trinajstić information content (AvgIpc) is 2.81. The standard InChI is InChI=1S/C15H18N2O2S/c1-9-6-12(9)13-5-4-11(19-13)7-17(3)15(18)14-10(2)16-8-20-14/h4-5,8-9,12H,6-7H2,1-3H3/t9-,12-/m0/s1. The molecule has 4 nitrogen and oxygen atoms in total. The fourth-order valence-electron chi connectivity index (χ4n) is 2.38. The van der Waals surface area contributed by atoms with E-state index in [0.29, 0.717) is 17.3 Å². The molecule has 0 aliphatic heterocycles. The van der Waals surface area contributed by atoms with Gasteiger partial charge in [0.15, 0.2) is 0 Å². The number of amides is 1. The van der Waals surface area contributed by atoms with E-state index in [9.17, 15) is 4.79 Å². The summed E-state index contributed by atoms with van der Waals surface area (Å²) in [6.45, 7) is 4.59. The van der Waals surface area contributed by atoms with Crippen molar-refractivity contribution in [1.82, 2.24) is 9.88 Å². The van der Waals surface area contributed by atoms with E-state index < -0.39 is 0 Å². The average molecular weight is 290 g/mol. The fraction of sp³-hybridized carbons (Fsp3) is 0.467. The van der Waals surface area contributed by atoms with Crippen molar-refractivity contribution >= 4 is 17.2 Å². The molecule has 2 aromatic rings. The van der Waals surface area contributed by atoms with Gasteiger partial charge < -0.3 is 9.32 Å². The number of aryl methyl sites for hydroxylation is 1. The summed E-state index contributed by atoms with van der Waals surface area (Å²) in [5.41, 5.74) is 2.49. The van der Waals surface area contributed by atoms with Crippen molar-refractivity contribution in [1.29, 1.82) is 0 Å². The normalized spacial score (nSPS) is 20.9. The van der Waals surface area contributed by atoms with E-state index in [0.717, 1.165) is 23.1 Å². The Morgan fingerprint density at radius 1 is 1.55 bits per heavy atom. The summed E-state index contributed by atoms with van der Waals surface area (Å²) in [6.07, 6.45) is 1.21. The molecule has 106 valence electrons. The summed E-state index contributed by atoms with van der Waals surface area (Å²) in [7, 11) is 1.80. The van der Waals surface area contributed by atoms with Crippen molar-refractivity contribution in [2.24, 2.45) is 5.92 Å². The smallest absolute Gasteiger partial charge is 0.265 e. The van der Waals surface area contributed by atoms with Crippen molar-refractivity contribution in [2.45, 2.75) is 32.7 Å². The highest BCUT2D eigenvalue weighted by Gasteiger charge is 2.36. The van der Waals surface area contributed by atoms with Crippen LogP contribution < -0.4 is 0 Å². The first-order chi connectivity index (χ1) is 9.56. The van der Waals surface area contributed by atoms with Gasteiger partial charge in [-0.25, -0.2) is 4.98 Å². The zero-order valence-corrected chi connectivity index (χ0v) is 12.7. The Balaban J connectivity index is 1.66. The van der Waals surface area contributed by atoms with Crippen molar-refractivity contribution in [3.05, 3.63) is 39.7 Å². The van der Waals surface area contributed by atoms with E-state index in [2.05, 4.69) is 11.9 Å². The van der Waals surface area contributed by atoms with Gasteiger partial charge >= 0.3 is 0 Å². The van der Waals surface area contributed by atoms with Crippen LogP contribution in [-0.4, -0.2) is 22.8 Å². The Bertz CT molecular complexity index is 631. The van der Waals surface area contributed by atoms with E-state index in [1.807, 2.05) is 19.1 Å². The number of carbonyl (C=O) groups is 1. The van der Waals surface area contributed by atoms with Gasteiger partial charge in [0.05, 0.1) is 17.7 Å². The van der Waals surface area contributed by atoms with Crippen LogP contribution in [0.4, 0.5) is 0 Å². The molecule has 1 aliphatic rings. The summed E-state index contributed by atoms with van der Waals surface area (Å²) in [6, 6.07) is 4.02. The summed E-state index contributed by atoms with van der Waals surface area (Å²) in [4.78, 5) is 18.8. The van der Waals surface area contributed by atoms with Gasteiger partial charge in [-0.2, -0.15) is 0 Å². The molecule has 0 radical (unpaired) electrons. The first-order valence-electron chi connectivity index (χ1n) is 6.80. The van der Waals surface area contributed by atoms with Crippen molar-refractivity contribution in [2.75, 3.05) is 7.05 Å². The molecule has 2 heterocycles. The number of thiazole rings is 1. The minimum absolute atomic E-state index is 0.00254. The predicted octanol–water partition coefficient (Wildman–Crippen LogP) is 3.44. The molecule has 2 aromatic heterocycles. The van der Waals surface area contributed by atoms with Crippen molar-refractivity contribution in [3.8, 4) is 0 Å². The van der Waals surface area contributed by atoms with Crippen molar-refractivity contribution in [3.63, 3.8) is 0 Å². The van der Waals surface area contributed by atoms with Crippen LogP contribution in [0.25, 0.3) is 0 Å². The molecule has 0 N–H and O–H groups in total. The van der Waals surface area contributed by atoms with Gasteiger partial charge in [-0.15, -0.1) is 11.3 Å². The van der Waals surface area contributed by atoms with Crippen LogP contribution >= 0.6 is 11.3 Å². The number of rotatable bonds is 4. The summed E-state index contributed by atoms with van der Waals surface area (Å²) >= 11 is 1.38. The first-order valence-corrected chi connectivity index (χ1v) is 7.68. The quantitative estimate of drug-likeness (QED) is 0.866. The molecule has 20 heavy (non-hydrogen) atoms. The van der Waals surface area contributed by atoms with E-state index in [1.165, 1.54) is 17.8 Å². The molecule has 5 heteroatoms. The minimum Gasteiger partial charge on any atom is -0.464 e. The van der Waals surface area contributed by atoms with Gasteiger partial charge in [0.2, 0.25) is 0 Å². The molecule has 0 bridgehead atoms. The number of aromatic nitrogens is 1. The third-order valence-corrected chi connectivity index (χ3v) is 4.75. The summed E-state index contributed by atoms with van der Waals surface area (Å²) < 4.78 is 5.84. The van der Waals surface area contributed by atoms with E-state index >= 15 is 0 Å². The zero-order chi connectivity index (χ0) is 14.3. The van der Waals surface area contributed by atoms with Crippen LogP contribution in [0.1, 0.15) is 46.1 Å². The van der Waals surface area contributed by atoms with Crippen molar-refractivity contribution < 1.29 is 9.21 Å². The monoisotopic (exact) mass is 290 g/mol. The number of furan rings is 1. The Hall–Kier alpha value is -1.62. The van der Waals surface area contributed by atoms with Gasteiger partial charge in [-0.1, -0.05) is 6.92 Å². The van der Waals surface area contributed by atoms with E-state index in [4.69, 9.17) is 4.42 Å². The maximum absolute atomic E-state index is 12.3. The van der Waals surface area contributed by atoms with Gasteiger partial charge in [-0.3, -0.25) is 4.79 Å². The Kier molecular flexibility index (Phi) is 3.38. The van der Waals surface area contributed by atoms with Gasteiger partial charge in [0.25, 0.3) is 5.91 Å². The molecule has 1 amide bonds. The second kappa shape index (κ2) is 5.05. The lowest BCUT2D eigenvalue weighted by atomic mass is 10.3. The third kappa shape index (κ3) is 2.50. The van der Waals surface area contributed by atoms with E-state index in [1.54, 1.807) is 17.5 Å². The molecule has 0 saturated heterocycles. The molecular formula is C15H18N2O2S. The Morgan fingerprint density at radius 3 is 2.90 bits per heavy atom. The summed E-state index contributed by atoms with van der Waals surface area (Å²) in [5, 5.41) is 0. The molecule has 0 aromatic carbocycles. The maximum Gasteiger partial charge on any atom is 0.265 e. The lowest BCUT2D eigenvalue weighted by Crippen LogP contribution is -2.25. The molecule has 1 saturated carbocycles. The highest BCUT2D eigenvalue weighted by atomic mass is 32.1. The topological polar surface area (TPSA) is 46.3 Å². The molecule has 3 rings (SSSR count). The SMILES string of the molecule is Cc1ncsc1C(=O)N(C)Cc1ccc([C@H]2C[C@@H]2C)o1. The van der Waals surface area contributed by atoms with Gasteiger partial charge in [0.1, 0.15) is 16.4 Å². The largest absolute Gasteiger partial charge is 0.464 e. The number of hydrogen-bond acceptors (Lipinski definition) is 4. The Morgan fingerprint density at radius 2 is 2.30 bits per heavy atom.